The summed E-state index contributed by atoms with van der Waals surface area (Å²) < 4.78 is 17.8. The number of hydrogen-bond acceptors (Lipinski definition) is 9. The summed E-state index contributed by atoms with van der Waals surface area (Å²) in [5.74, 6) is 0.585. The Hall–Kier alpha value is -3.81. The van der Waals surface area contributed by atoms with Crippen LogP contribution in [-0.4, -0.2) is 65.3 Å². The summed E-state index contributed by atoms with van der Waals surface area (Å²) in [6.07, 6.45) is 1.39. The lowest BCUT2D eigenvalue weighted by molar-refractivity contribution is -0.0660. The van der Waals surface area contributed by atoms with Crippen LogP contribution in [0.25, 0.3) is 11.4 Å². The topological polar surface area (TPSA) is 99.4 Å². The molecule has 0 amide bonds. The lowest BCUT2D eigenvalue weighted by atomic mass is 10.1. The number of rotatable bonds is 6. The summed E-state index contributed by atoms with van der Waals surface area (Å²) in [4.78, 5) is 21.4. The van der Waals surface area contributed by atoms with Gasteiger partial charge in [-0.05, 0) is 42.5 Å². The van der Waals surface area contributed by atoms with Crippen LogP contribution in [0.1, 0.15) is 5.56 Å². The van der Waals surface area contributed by atoms with E-state index in [1.807, 2.05) is 18.2 Å². The summed E-state index contributed by atoms with van der Waals surface area (Å²) in [6, 6.07) is 15.1. The van der Waals surface area contributed by atoms with Gasteiger partial charge in [-0.2, -0.15) is 10.2 Å². The third kappa shape index (κ3) is 4.55. The second kappa shape index (κ2) is 9.36. The highest BCUT2D eigenvalue weighted by molar-refractivity contribution is 5.64. The van der Waals surface area contributed by atoms with E-state index in [4.69, 9.17) is 10.00 Å². The van der Waals surface area contributed by atoms with E-state index < -0.39 is 0 Å². The molecule has 1 aromatic heterocycles. The molecule has 0 aliphatic carbocycles. The molecule has 0 bridgehead atoms. The van der Waals surface area contributed by atoms with Crippen LogP contribution in [0, 0.1) is 11.3 Å². The molecule has 3 aromatic rings. The molecule has 1 N–H and O–H groups in total. The Morgan fingerprint density at radius 2 is 1.85 bits per heavy atom. The van der Waals surface area contributed by atoms with Gasteiger partial charge in [0.15, 0.2) is 11.6 Å². The summed E-state index contributed by atoms with van der Waals surface area (Å²) in [7, 11) is 0. The van der Waals surface area contributed by atoms with Crippen LogP contribution in [-0.2, 0) is 4.74 Å². The Bertz CT molecular complexity index is 1160. The number of nitriles is 1. The molecule has 168 valence electrons. The Kier molecular flexibility index (Phi) is 5.97. The first kappa shape index (κ1) is 21.1. The van der Waals surface area contributed by atoms with Crippen LogP contribution in [0.5, 0.6) is 5.75 Å². The predicted molar refractivity (Wildman–Crippen MR) is 120 cm³/mol. The van der Waals surface area contributed by atoms with Crippen molar-refractivity contribution in [3.05, 3.63) is 54.4 Å². The molecule has 5 rings (SSSR count). The minimum absolute atomic E-state index is 0.0577. The molecule has 2 saturated heterocycles. The minimum Gasteiger partial charge on any atom is -0.378 e. The maximum Gasteiger partial charge on any atom is 0.230 e. The van der Waals surface area contributed by atoms with Crippen LogP contribution in [0.15, 0.2) is 48.8 Å². The summed E-state index contributed by atoms with van der Waals surface area (Å²) in [5.41, 5.74) is 2.64. The molecule has 10 heteroatoms. The van der Waals surface area contributed by atoms with Crippen molar-refractivity contribution < 1.29 is 14.2 Å². The number of halogens is 1. The van der Waals surface area contributed by atoms with Gasteiger partial charge in [-0.1, -0.05) is 0 Å². The largest absolute Gasteiger partial charge is 0.378 e. The minimum atomic E-state index is -0.146. The third-order valence-corrected chi connectivity index (χ3v) is 5.95. The molecule has 33 heavy (non-hydrogen) atoms. The smallest absolute Gasteiger partial charge is 0.230 e. The zero-order valence-corrected chi connectivity index (χ0v) is 17.8. The summed E-state index contributed by atoms with van der Waals surface area (Å²) >= 11 is 0. The van der Waals surface area contributed by atoms with E-state index in [9.17, 15) is 4.53 Å². The van der Waals surface area contributed by atoms with E-state index in [0.717, 1.165) is 45.1 Å². The van der Waals surface area contributed by atoms with Crippen LogP contribution >= 0.6 is 0 Å². The van der Waals surface area contributed by atoms with E-state index >= 15 is 0 Å². The molecule has 0 atom stereocenters. The van der Waals surface area contributed by atoms with Crippen molar-refractivity contribution in [2.24, 2.45) is 0 Å². The molecule has 2 aliphatic rings. The highest BCUT2D eigenvalue weighted by Crippen LogP contribution is 2.26. The Morgan fingerprint density at radius 1 is 1.06 bits per heavy atom. The molecule has 3 heterocycles. The summed E-state index contributed by atoms with van der Waals surface area (Å²) in [5, 5.41) is 12.3. The van der Waals surface area contributed by atoms with E-state index in [0.29, 0.717) is 23.4 Å². The number of nitrogens with one attached hydrogen (secondary N) is 1. The Labute approximate surface area is 190 Å². The third-order valence-electron chi connectivity index (χ3n) is 5.95. The van der Waals surface area contributed by atoms with Crippen molar-refractivity contribution in [3.63, 3.8) is 0 Å². The fourth-order valence-corrected chi connectivity index (χ4v) is 3.98. The van der Waals surface area contributed by atoms with Crippen molar-refractivity contribution in [2.75, 3.05) is 49.6 Å². The summed E-state index contributed by atoms with van der Waals surface area (Å²) in [6.45, 7) is 5.81. The van der Waals surface area contributed by atoms with Crippen molar-refractivity contribution in [1.29, 1.82) is 5.26 Å². The maximum atomic E-state index is 12.5. The van der Waals surface area contributed by atoms with Gasteiger partial charge in [-0.15, -0.1) is 0 Å². The molecule has 2 aromatic carbocycles. The van der Waals surface area contributed by atoms with Crippen LogP contribution in [0.3, 0.4) is 0 Å². The first-order valence-corrected chi connectivity index (χ1v) is 10.7. The SMILES string of the molecule is N#Cc1cc(-c2ncnc(Nc3ccc(N4CCN(C5COC5)CC4)cc3)n2)ccc1OF. The molecule has 0 unspecified atom stereocenters. The monoisotopic (exact) mass is 447 g/mol. The zero-order valence-electron chi connectivity index (χ0n) is 17.8. The number of ether oxygens (including phenoxy) is 1. The molecular weight excluding hydrogens is 425 g/mol. The molecule has 2 aliphatic heterocycles. The number of aromatic nitrogens is 3. The molecule has 2 fully saturated rings. The second-order valence-electron chi connectivity index (χ2n) is 7.92. The average Bonchev–Trinajstić information content (AvgIpc) is 2.84. The van der Waals surface area contributed by atoms with E-state index in [1.54, 1.807) is 6.07 Å². The van der Waals surface area contributed by atoms with E-state index in [-0.39, 0.29) is 11.3 Å². The van der Waals surface area contributed by atoms with Crippen LogP contribution < -0.4 is 15.2 Å². The van der Waals surface area contributed by atoms with Crippen molar-refractivity contribution in [1.82, 2.24) is 19.9 Å². The lowest BCUT2D eigenvalue weighted by Crippen LogP contribution is -2.56. The highest BCUT2D eigenvalue weighted by Gasteiger charge is 2.28. The first-order chi connectivity index (χ1) is 16.2. The van der Waals surface area contributed by atoms with Gasteiger partial charge >= 0.3 is 0 Å². The van der Waals surface area contributed by atoms with Gasteiger partial charge in [0.25, 0.3) is 0 Å². The molecule has 0 spiro atoms. The number of anilines is 3. The second-order valence-corrected chi connectivity index (χ2v) is 7.92. The fourth-order valence-electron chi connectivity index (χ4n) is 3.98. The molecular formula is C23H22FN7O2. The Balaban J connectivity index is 1.24. The number of nitrogens with zero attached hydrogens (tertiary/aromatic N) is 6. The number of hydrogen-bond donors (Lipinski definition) is 1. The van der Waals surface area contributed by atoms with Gasteiger partial charge in [0.1, 0.15) is 12.4 Å². The first-order valence-electron chi connectivity index (χ1n) is 10.7. The normalized spacial score (nSPS) is 16.7. The fraction of sp³-hybridized carbons (Fsp3) is 0.304. The predicted octanol–water partition coefficient (Wildman–Crippen LogP) is 2.94. The number of benzene rings is 2. The van der Waals surface area contributed by atoms with Gasteiger partial charge in [0.05, 0.1) is 24.8 Å². The maximum absolute atomic E-state index is 12.5. The molecule has 0 radical (unpaired) electrons. The lowest BCUT2D eigenvalue weighted by Gasteiger charge is -2.43. The van der Waals surface area contributed by atoms with Gasteiger partial charge in [-0.25, -0.2) is 9.97 Å². The van der Waals surface area contributed by atoms with Crippen molar-refractivity contribution >= 4 is 17.3 Å². The molecule has 9 nitrogen and oxygen atoms in total. The Morgan fingerprint density at radius 3 is 2.52 bits per heavy atom. The van der Waals surface area contributed by atoms with Gasteiger partial charge in [-0.3, -0.25) is 9.84 Å². The van der Waals surface area contributed by atoms with Crippen molar-refractivity contribution in [3.8, 4) is 23.2 Å². The highest BCUT2D eigenvalue weighted by atomic mass is 19.3. The van der Waals surface area contributed by atoms with E-state index in [2.05, 4.69) is 47.1 Å². The van der Waals surface area contributed by atoms with Crippen molar-refractivity contribution in [2.45, 2.75) is 6.04 Å². The zero-order chi connectivity index (χ0) is 22.6. The van der Waals surface area contributed by atoms with E-state index in [1.165, 1.54) is 24.1 Å². The van der Waals surface area contributed by atoms with Crippen LogP contribution in [0.2, 0.25) is 0 Å². The quantitative estimate of drug-likeness (QED) is 0.611. The number of piperazine rings is 1. The standard InChI is InChI=1S/C23H22FN7O2/c24-33-21-6-1-16(11-17(21)12-25)22-26-15-27-23(29-22)28-18-2-4-19(5-3-18)30-7-9-31(10-8-30)20-13-32-14-20/h1-6,11,15,20H,7-10,13-14H2,(H,26,27,28,29). The van der Waals surface area contributed by atoms with Gasteiger partial charge in [0, 0.05) is 47.6 Å². The molecule has 0 saturated carbocycles. The van der Waals surface area contributed by atoms with Gasteiger partial charge < -0.3 is 15.0 Å². The van der Waals surface area contributed by atoms with Gasteiger partial charge in [0.2, 0.25) is 5.95 Å². The van der Waals surface area contributed by atoms with Crippen LogP contribution in [0.4, 0.5) is 21.8 Å². The average molecular weight is 447 g/mol.